The van der Waals surface area contributed by atoms with E-state index in [0.29, 0.717) is 24.5 Å². The lowest BCUT2D eigenvalue weighted by Crippen LogP contribution is -2.39. The quantitative estimate of drug-likeness (QED) is 0.331. The third-order valence-electron chi connectivity index (χ3n) is 2.74. The van der Waals surface area contributed by atoms with E-state index in [1.165, 1.54) is 6.07 Å². The van der Waals surface area contributed by atoms with Crippen LogP contribution in [0.5, 0.6) is 0 Å². The second-order valence-corrected chi connectivity index (χ2v) is 4.51. The van der Waals surface area contributed by atoms with Gasteiger partial charge in [-0.05, 0) is 18.2 Å². The number of ether oxygens (including phenoxy) is 2. The Kier molecular flexibility index (Phi) is 4.78. The van der Waals surface area contributed by atoms with Gasteiger partial charge < -0.3 is 25.7 Å². The van der Waals surface area contributed by atoms with Crippen LogP contribution < -0.4 is 11.1 Å². The summed E-state index contributed by atoms with van der Waals surface area (Å²) in [5.74, 6) is -0.392. The Morgan fingerprint density at radius 1 is 1.50 bits per heavy atom. The monoisotopic (exact) mass is 299 g/mol. The molecule has 0 saturated carbocycles. The summed E-state index contributed by atoms with van der Waals surface area (Å²) in [5, 5.41) is 14.4. The molecule has 0 bridgehead atoms. The zero-order valence-electron chi connectivity index (χ0n) is 10.5. The maximum Gasteiger partial charge on any atom is 0.255 e. The highest BCUT2D eigenvalue weighted by molar-refractivity contribution is 6.34. The number of nitrogens with two attached hydrogens (primary N) is 1. The normalized spacial score (nSPS) is 19.6. The smallest absolute Gasteiger partial charge is 0.255 e. The first-order valence-electron chi connectivity index (χ1n) is 5.89. The Morgan fingerprint density at radius 3 is 2.90 bits per heavy atom. The van der Waals surface area contributed by atoms with Crippen molar-refractivity contribution in [3.8, 4) is 0 Å². The first kappa shape index (κ1) is 14.6. The van der Waals surface area contributed by atoms with Crippen LogP contribution in [0.2, 0.25) is 5.02 Å². The minimum atomic E-state index is -0.649. The molecule has 1 aliphatic heterocycles. The fourth-order valence-electron chi connectivity index (χ4n) is 1.69. The number of nitrogens with zero attached hydrogens (tertiary/aromatic N) is 1. The largest absolute Gasteiger partial charge is 0.409 e. The van der Waals surface area contributed by atoms with Gasteiger partial charge >= 0.3 is 0 Å². The van der Waals surface area contributed by atoms with Gasteiger partial charge in [0, 0.05) is 5.56 Å². The number of carbonyl (C=O) groups is 1. The van der Waals surface area contributed by atoms with E-state index in [1.54, 1.807) is 12.1 Å². The van der Waals surface area contributed by atoms with Crippen LogP contribution in [-0.4, -0.2) is 42.9 Å². The van der Waals surface area contributed by atoms with Crippen molar-refractivity contribution in [2.24, 2.45) is 10.9 Å². The molecule has 1 aromatic carbocycles. The lowest BCUT2D eigenvalue weighted by atomic mass is 10.2. The van der Waals surface area contributed by atoms with Crippen molar-refractivity contribution >= 4 is 29.0 Å². The standard InChI is InChI=1S/C12H14ClN3O4/c13-8-5-7(11(14)16-18)1-2-9(8)15-12(17)10-6-19-3-4-20-10/h1-2,5,10,18H,3-4,6H2,(H2,14,16)(H,15,17). The molecule has 0 radical (unpaired) electrons. The molecule has 108 valence electrons. The topological polar surface area (TPSA) is 106 Å². The maximum absolute atomic E-state index is 11.9. The number of oxime groups is 1. The highest BCUT2D eigenvalue weighted by Gasteiger charge is 2.23. The minimum Gasteiger partial charge on any atom is -0.409 e. The summed E-state index contributed by atoms with van der Waals surface area (Å²) < 4.78 is 10.4. The number of carbonyl (C=O) groups excluding carboxylic acids is 1. The van der Waals surface area contributed by atoms with E-state index < -0.39 is 6.10 Å². The molecule has 1 fully saturated rings. The van der Waals surface area contributed by atoms with Crippen molar-refractivity contribution in [1.29, 1.82) is 0 Å². The van der Waals surface area contributed by atoms with E-state index in [4.69, 9.17) is 32.0 Å². The molecule has 20 heavy (non-hydrogen) atoms. The van der Waals surface area contributed by atoms with E-state index in [9.17, 15) is 4.79 Å². The molecular formula is C12H14ClN3O4. The van der Waals surface area contributed by atoms with E-state index in [2.05, 4.69) is 10.5 Å². The molecule has 1 amide bonds. The highest BCUT2D eigenvalue weighted by atomic mass is 35.5. The number of hydrogen-bond acceptors (Lipinski definition) is 5. The third kappa shape index (κ3) is 3.38. The van der Waals surface area contributed by atoms with Crippen LogP contribution in [0.4, 0.5) is 5.69 Å². The maximum atomic E-state index is 11.9. The summed E-state index contributed by atoms with van der Waals surface area (Å²) in [7, 11) is 0. The molecule has 0 aromatic heterocycles. The third-order valence-corrected chi connectivity index (χ3v) is 3.05. The van der Waals surface area contributed by atoms with E-state index in [1.807, 2.05) is 0 Å². The SMILES string of the molecule is N/C(=N/O)c1ccc(NC(=O)C2COCCO2)c(Cl)c1. The number of amides is 1. The molecule has 7 nitrogen and oxygen atoms in total. The van der Waals surface area contributed by atoms with Gasteiger partial charge in [0.05, 0.1) is 30.5 Å². The van der Waals surface area contributed by atoms with Crippen LogP contribution in [0.3, 0.4) is 0 Å². The molecule has 1 atom stereocenters. The predicted octanol–water partition coefficient (Wildman–Crippen LogP) is 0.788. The van der Waals surface area contributed by atoms with Gasteiger partial charge in [0.1, 0.15) is 0 Å². The van der Waals surface area contributed by atoms with Crippen LogP contribution in [0.25, 0.3) is 0 Å². The van der Waals surface area contributed by atoms with Crippen LogP contribution in [0, 0.1) is 0 Å². The number of halogens is 1. The summed E-state index contributed by atoms with van der Waals surface area (Å²) >= 11 is 6.03. The summed E-state index contributed by atoms with van der Waals surface area (Å²) in [5.41, 5.74) is 6.32. The van der Waals surface area contributed by atoms with Crippen molar-refractivity contribution in [2.45, 2.75) is 6.10 Å². The Morgan fingerprint density at radius 2 is 2.30 bits per heavy atom. The van der Waals surface area contributed by atoms with E-state index >= 15 is 0 Å². The van der Waals surface area contributed by atoms with Crippen molar-refractivity contribution in [2.75, 3.05) is 25.1 Å². The van der Waals surface area contributed by atoms with Crippen LogP contribution in [0.1, 0.15) is 5.56 Å². The average Bonchev–Trinajstić information content (AvgIpc) is 2.49. The molecule has 1 heterocycles. The fraction of sp³-hybridized carbons (Fsp3) is 0.333. The number of hydrogen-bond donors (Lipinski definition) is 3. The first-order valence-corrected chi connectivity index (χ1v) is 6.27. The number of anilines is 1. The predicted molar refractivity (Wildman–Crippen MR) is 73.2 cm³/mol. The zero-order valence-corrected chi connectivity index (χ0v) is 11.3. The summed E-state index contributed by atoms with van der Waals surface area (Å²) in [6, 6.07) is 4.64. The van der Waals surface area contributed by atoms with Crippen molar-refractivity contribution < 1.29 is 19.5 Å². The van der Waals surface area contributed by atoms with Gasteiger partial charge in [0.15, 0.2) is 11.9 Å². The number of nitrogens with one attached hydrogen (secondary N) is 1. The van der Waals surface area contributed by atoms with E-state index in [0.717, 1.165) is 0 Å². The number of benzene rings is 1. The Hall–Kier alpha value is -1.83. The van der Waals surface area contributed by atoms with Gasteiger partial charge in [-0.2, -0.15) is 0 Å². The lowest BCUT2D eigenvalue weighted by Gasteiger charge is -2.22. The zero-order chi connectivity index (χ0) is 14.5. The molecule has 0 spiro atoms. The van der Waals surface area contributed by atoms with Gasteiger partial charge in [-0.3, -0.25) is 4.79 Å². The molecule has 1 unspecified atom stereocenters. The van der Waals surface area contributed by atoms with Gasteiger partial charge in [0.25, 0.3) is 5.91 Å². The minimum absolute atomic E-state index is 0.0613. The second-order valence-electron chi connectivity index (χ2n) is 4.10. The first-order chi connectivity index (χ1) is 9.61. The van der Waals surface area contributed by atoms with E-state index in [-0.39, 0.29) is 23.4 Å². The molecule has 1 aromatic rings. The van der Waals surface area contributed by atoms with Crippen molar-refractivity contribution in [1.82, 2.24) is 0 Å². The molecule has 1 aliphatic rings. The fourth-order valence-corrected chi connectivity index (χ4v) is 1.91. The number of rotatable bonds is 3. The summed E-state index contributed by atoms with van der Waals surface area (Å²) in [6.45, 7) is 1.08. The van der Waals surface area contributed by atoms with Crippen LogP contribution >= 0.6 is 11.6 Å². The van der Waals surface area contributed by atoms with Crippen molar-refractivity contribution in [3.05, 3.63) is 28.8 Å². The molecule has 4 N–H and O–H groups in total. The Labute approximate surface area is 120 Å². The molecule has 2 rings (SSSR count). The molecule has 0 aliphatic carbocycles. The van der Waals surface area contributed by atoms with Gasteiger partial charge in [-0.25, -0.2) is 0 Å². The highest BCUT2D eigenvalue weighted by Crippen LogP contribution is 2.23. The summed E-state index contributed by atoms with van der Waals surface area (Å²) in [6.07, 6.45) is -0.649. The molecular weight excluding hydrogens is 286 g/mol. The number of amidine groups is 1. The van der Waals surface area contributed by atoms with Gasteiger partial charge in [-0.15, -0.1) is 0 Å². The van der Waals surface area contributed by atoms with Crippen LogP contribution in [-0.2, 0) is 14.3 Å². The average molecular weight is 300 g/mol. The Balaban J connectivity index is 2.07. The molecule has 8 heteroatoms. The second kappa shape index (κ2) is 6.56. The van der Waals surface area contributed by atoms with Gasteiger partial charge in [-0.1, -0.05) is 16.8 Å². The van der Waals surface area contributed by atoms with Crippen molar-refractivity contribution in [3.63, 3.8) is 0 Å². The van der Waals surface area contributed by atoms with Crippen LogP contribution in [0.15, 0.2) is 23.4 Å². The molecule has 1 saturated heterocycles. The Bertz CT molecular complexity index is 529. The van der Waals surface area contributed by atoms with Gasteiger partial charge in [0.2, 0.25) is 0 Å². The lowest BCUT2D eigenvalue weighted by molar-refractivity contribution is -0.142. The summed E-state index contributed by atoms with van der Waals surface area (Å²) in [4.78, 5) is 11.9.